The lowest BCUT2D eigenvalue weighted by Crippen LogP contribution is -2.30. The van der Waals surface area contributed by atoms with Crippen LogP contribution in [0.25, 0.3) is 0 Å². The first-order valence-corrected chi connectivity index (χ1v) is 2.74. The summed E-state index contributed by atoms with van der Waals surface area (Å²) in [5, 5.41) is 16.3. The van der Waals surface area contributed by atoms with Crippen LogP contribution in [0.15, 0.2) is 0 Å². The number of hydrogen-bond donors (Lipinski definition) is 3. The molecule has 0 saturated heterocycles. The van der Waals surface area contributed by atoms with E-state index >= 15 is 0 Å². The van der Waals surface area contributed by atoms with E-state index in [0.717, 1.165) is 0 Å². The van der Waals surface area contributed by atoms with Crippen LogP contribution < -0.4 is 5.73 Å². The Morgan fingerprint density at radius 2 is 1.90 bits per heavy atom. The fourth-order valence-electron chi connectivity index (χ4n) is 0.402. The molecule has 1 atom stereocenters. The molecule has 0 radical (unpaired) electrons. The van der Waals surface area contributed by atoms with Crippen LogP contribution in [-0.4, -0.2) is 28.2 Å². The summed E-state index contributed by atoms with van der Waals surface area (Å²) in [5.41, 5.74) is 5.00. The van der Waals surface area contributed by atoms with E-state index < -0.39 is 18.0 Å². The third-order valence-corrected chi connectivity index (χ3v) is 0.986. The van der Waals surface area contributed by atoms with Crippen molar-refractivity contribution >= 4 is 11.9 Å². The minimum absolute atomic E-state index is 0.0231. The van der Waals surface area contributed by atoms with Gasteiger partial charge < -0.3 is 15.9 Å². The van der Waals surface area contributed by atoms with Gasteiger partial charge in [-0.1, -0.05) is 0 Å². The van der Waals surface area contributed by atoms with Crippen LogP contribution in [-0.2, 0) is 9.59 Å². The number of carbonyl (C=O) groups is 2. The summed E-state index contributed by atoms with van der Waals surface area (Å²) in [7, 11) is 0. The summed E-state index contributed by atoms with van der Waals surface area (Å²) in [4.78, 5) is 19.9. The highest BCUT2D eigenvalue weighted by atomic mass is 16.5. The van der Waals surface area contributed by atoms with Crippen molar-refractivity contribution in [2.24, 2.45) is 5.73 Å². The molecule has 0 aromatic heterocycles. The molecule has 0 aliphatic carbocycles. The summed E-state index contributed by atoms with van der Waals surface area (Å²) in [6.45, 7) is 0. The average Bonchev–Trinajstić information content (AvgIpc) is 1.82. The van der Waals surface area contributed by atoms with Crippen LogP contribution in [0.3, 0.4) is 0 Å². The third kappa shape index (κ3) is 3.85. The number of aliphatic carboxylic acids is 2. The van der Waals surface area contributed by atoms with Crippen LogP contribution in [0.5, 0.6) is 0 Å². The molecule has 0 spiro atoms. The molecular formula is C5H9NO4. The summed E-state index contributed by atoms with van der Waals surface area (Å²) in [6.07, 6.45) is -0.224. The van der Waals surface area contributed by atoms with Gasteiger partial charge in [0.25, 0.3) is 0 Å². The van der Waals surface area contributed by atoms with Gasteiger partial charge in [0, 0.05) is 6.42 Å². The molecule has 0 aliphatic heterocycles. The van der Waals surface area contributed by atoms with Crippen molar-refractivity contribution in [3.63, 3.8) is 0 Å². The topological polar surface area (TPSA) is 101 Å². The Morgan fingerprint density at radius 3 is 2.20 bits per heavy atom. The summed E-state index contributed by atoms with van der Waals surface area (Å²) in [5.74, 6) is -2.20. The zero-order valence-electron chi connectivity index (χ0n) is 5.28. The summed E-state index contributed by atoms with van der Waals surface area (Å²) in [6, 6.07) is -1.06. The molecule has 0 rings (SSSR count). The molecule has 4 N–H and O–H groups in total. The van der Waals surface area contributed by atoms with Crippen molar-refractivity contribution in [1.29, 1.82) is 0 Å². The van der Waals surface area contributed by atoms with Crippen LogP contribution in [0.4, 0.5) is 0 Å². The van der Waals surface area contributed by atoms with Gasteiger partial charge in [0.2, 0.25) is 0 Å². The lowest BCUT2D eigenvalue weighted by molar-refractivity contribution is -0.139. The Balaban J connectivity index is 3.49. The van der Waals surface area contributed by atoms with Gasteiger partial charge in [-0.25, -0.2) is 0 Å². The Hall–Kier alpha value is -1.10. The molecule has 0 amide bonds. The largest absolute Gasteiger partial charge is 0.481 e. The smallest absolute Gasteiger partial charge is 0.320 e. The van der Waals surface area contributed by atoms with E-state index in [4.69, 9.17) is 15.9 Å². The van der Waals surface area contributed by atoms with Gasteiger partial charge >= 0.3 is 11.9 Å². The Bertz CT molecular complexity index is 145. The molecular weight excluding hydrogens is 139 g/mol. The van der Waals surface area contributed by atoms with Crippen molar-refractivity contribution in [3.8, 4) is 0 Å². The van der Waals surface area contributed by atoms with Gasteiger partial charge in [-0.3, -0.25) is 9.59 Å². The highest BCUT2D eigenvalue weighted by Gasteiger charge is 2.12. The third-order valence-electron chi connectivity index (χ3n) is 0.986. The number of carboxylic acid groups (broad SMARTS) is 2. The monoisotopic (exact) mass is 148 g/mol. The molecule has 0 aromatic rings. The fraction of sp³-hybridized carbons (Fsp3) is 0.600. The van der Waals surface area contributed by atoms with Crippen LogP contribution >= 0.6 is 0 Å². The zero-order valence-corrected chi connectivity index (χ0v) is 5.28. The lowest BCUT2D eigenvalue weighted by atomic mass is 10.2. The van der Waals surface area contributed by atoms with Gasteiger partial charge in [-0.05, 0) is 6.42 Å². The quantitative estimate of drug-likeness (QED) is 0.456. The highest BCUT2D eigenvalue weighted by Crippen LogP contribution is 1.93. The van der Waals surface area contributed by atoms with Crippen molar-refractivity contribution in [1.82, 2.24) is 0 Å². The molecule has 0 aliphatic rings. The summed E-state index contributed by atoms with van der Waals surface area (Å²) >= 11 is 0. The van der Waals surface area contributed by atoms with E-state index in [2.05, 4.69) is 0 Å². The maximum atomic E-state index is 9.99. The van der Waals surface area contributed by atoms with Gasteiger partial charge in [0.1, 0.15) is 6.04 Å². The first kappa shape index (κ1) is 8.90. The standard InChI is InChI=1S/C5H9NO4/c6-3(5(9)10)1-2-4(7)8/h3H,1-2,6H2,(H,7,8)(H,9,10)/i5+1. The number of nitrogens with two attached hydrogens (primary N) is 1. The van der Waals surface area contributed by atoms with Crippen molar-refractivity contribution in [3.05, 3.63) is 0 Å². The first-order valence-electron chi connectivity index (χ1n) is 2.74. The second-order valence-electron chi connectivity index (χ2n) is 1.88. The molecule has 5 nitrogen and oxygen atoms in total. The van der Waals surface area contributed by atoms with Crippen molar-refractivity contribution in [2.75, 3.05) is 0 Å². The SMILES string of the molecule is NC(CCC(=O)O)[13C](=O)O. The predicted molar refractivity (Wildman–Crippen MR) is 32.5 cm³/mol. The van der Waals surface area contributed by atoms with Gasteiger partial charge in [-0.15, -0.1) is 0 Å². The number of hydrogen-bond acceptors (Lipinski definition) is 3. The lowest BCUT2D eigenvalue weighted by Gasteiger charge is -2.01. The van der Waals surface area contributed by atoms with Crippen LogP contribution in [0.2, 0.25) is 0 Å². The van der Waals surface area contributed by atoms with E-state index in [-0.39, 0.29) is 12.8 Å². The molecule has 0 saturated carbocycles. The molecule has 0 bridgehead atoms. The van der Waals surface area contributed by atoms with E-state index in [1.165, 1.54) is 0 Å². The van der Waals surface area contributed by atoms with Crippen LogP contribution in [0, 0.1) is 0 Å². The average molecular weight is 148 g/mol. The second kappa shape index (κ2) is 3.84. The maximum absolute atomic E-state index is 9.99. The van der Waals surface area contributed by atoms with Crippen molar-refractivity contribution in [2.45, 2.75) is 18.9 Å². The zero-order chi connectivity index (χ0) is 8.15. The highest BCUT2D eigenvalue weighted by molar-refractivity contribution is 5.74. The molecule has 5 heteroatoms. The van der Waals surface area contributed by atoms with E-state index in [1.807, 2.05) is 0 Å². The van der Waals surface area contributed by atoms with Crippen molar-refractivity contribution < 1.29 is 19.8 Å². The number of carboxylic acids is 2. The molecule has 0 heterocycles. The molecule has 0 aromatic carbocycles. The summed E-state index contributed by atoms with van der Waals surface area (Å²) < 4.78 is 0. The van der Waals surface area contributed by atoms with E-state index in [1.54, 1.807) is 0 Å². The Labute approximate surface area is 57.5 Å². The minimum atomic E-state index is -1.17. The minimum Gasteiger partial charge on any atom is -0.481 e. The number of rotatable bonds is 4. The molecule has 58 valence electrons. The van der Waals surface area contributed by atoms with E-state index in [0.29, 0.717) is 0 Å². The van der Waals surface area contributed by atoms with Crippen LogP contribution in [0.1, 0.15) is 12.8 Å². The van der Waals surface area contributed by atoms with Gasteiger partial charge in [-0.2, -0.15) is 0 Å². The predicted octanol–water partition coefficient (Wildman–Crippen LogP) is -0.737. The van der Waals surface area contributed by atoms with E-state index in [9.17, 15) is 9.59 Å². The Kier molecular flexibility index (Phi) is 3.42. The fourth-order valence-corrected chi connectivity index (χ4v) is 0.402. The second-order valence-corrected chi connectivity index (χ2v) is 1.88. The molecule has 10 heavy (non-hydrogen) atoms. The molecule has 1 unspecified atom stereocenters. The Morgan fingerprint density at radius 1 is 1.40 bits per heavy atom. The normalized spacial score (nSPS) is 12.5. The van der Waals surface area contributed by atoms with Gasteiger partial charge in [0.05, 0.1) is 0 Å². The van der Waals surface area contributed by atoms with Gasteiger partial charge in [0.15, 0.2) is 0 Å². The first-order chi connectivity index (χ1) is 4.54. The molecule has 0 fully saturated rings. The maximum Gasteiger partial charge on any atom is 0.320 e.